The van der Waals surface area contributed by atoms with Crippen molar-refractivity contribution < 1.29 is 12.8 Å². The molecule has 1 aromatic heterocycles. The molecule has 2 aromatic rings. The number of para-hydroxylation sites is 1. The molecule has 0 unspecified atom stereocenters. The lowest BCUT2D eigenvalue weighted by Gasteiger charge is -2.08. The van der Waals surface area contributed by atoms with E-state index < -0.39 is 15.2 Å². The zero-order valence-corrected chi connectivity index (χ0v) is 11.0. The quantitative estimate of drug-likeness (QED) is 0.869. The zero-order valence-electron chi connectivity index (χ0n) is 9.42. The molecule has 1 N–H and O–H groups in total. The van der Waals surface area contributed by atoms with Crippen molar-refractivity contribution in [2.45, 2.75) is 6.92 Å². The smallest absolute Gasteiger partial charge is 0.249 e. The molecule has 96 valence electrons. The third-order valence-corrected chi connectivity index (χ3v) is 3.77. The molecule has 0 saturated heterocycles. The lowest BCUT2D eigenvalue weighted by Crippen LogP contribution is -2.14. The van der Waals surface area contributed by atoms with Gasteiger partial charge in [0.25, 0.3) is 0 Å². The van der Waals surface area contributed by atoms with E-state index >= 15 is 0 Å². The Morgan fingerprint density at radius 1 is 1.33 bits per heavy atom. The van der Waals surface area contributed by atoms with Gasteiger partial charge >= 0.3 is 0 Å². The average molecular weight is 288 g/mol. The maximum atomic E-state index is 11.4. The number of alkyl halides is 1. The molecular formula is C10H10ClN3O3S. The van der Waals surface area contributed by atoms with Crippen LogP contribution in [0.5, 0.6) is 0 Å². The van der Waals surface area contributed by atoms with E-state index in [-0.39, 0.29) is 5.89 Å². The molecule has 0 atom stereocenters. The van der Waals surface area contributed by atoms with Gasteiger partial charge in [0.2, 0.25) is 21.8 Å². The zero-order chi connectivity index (χ0) is 13.2. The van der Waals surface area contributed by atoms with Gasteiger partial charge in [-0.25, -0.2) is 8.42 Å². The third-order valence-electron chi connectivity index (χ3n) is 2.09. The van der Waals surface area contributed by atoms with E-state index in [0.29, 0.717) is 17.1 Å². The molecule has 0 spiro atoms. The highest BCUT2D eigenvalue weighted by atomic mass is 35.5. The Balaban J connectivity index is 2.44. The van der Waals surface area contributed by atoms with Crippen molar-refractivity contribution in [3.63, 3.8) is 0 Å². The Morgan fingerprint density at radius 2 is 2.06 bits per heavy atom. The van der Waals surface area contributed by atoms with Crippen molar-refractivity contribution in [3.8, 4) is 11.5 Å². The molecule has 6 nitrogen and oxygen atoms in total. The number of halogens is 1. The van der Waals surface area contributed by atoms with E-state index in [1.165, 1.54) is 0 Å². The highest BCUT2D eigenvalue weighted by Crippen LogP contribution is 2.27. The Morgan fingerprint density at radius 3 is 2.67 bits per heavy atom. The number of hydrogen-bond donors (Lipinski definition) is 1. The summed E-state index contributed by atoms with van der Waals surface area (Å²) in [4.78, 5) is 0. The second-order valence-corrected chi connectivity index (χ2v) is 5.80. The molecule has 0 aliphatic carbocycles. The van der Waals surface area contributed by atoms with E-state index in [1.807, 2.05) is 0 Å². The number of benzene rings is 1. The number of nitrogens with one attached hydrogen (secondary N) is 1. The maximum Gasteiger partial charge on any atom is 0.249 e. The molecule has 8 heteroatoms. The van der Waals surface area contributed by atoms with Crippen molar-refractivity contribution >= 4 is 27.3 Å². The predicted octanol–water partition coefficient (Wildman–Crippen LogP) is 1.98. The molecular weight excluding hydrogens is 278 g/mol. The van der Waals surface area contributed by atoms with Gasteiger partial charge in [0, 0.05) is 6.92 Å². The second-order valence-electron chi connectivity index (χ2n) is 3.50. The highest BCUT2D eigenvalue weighted by molar-refractivity contribution is 7.93. The summed E-state index contributed by atoms with van der Waals surface area (Å²) in [5.74, 6) is 0.653. The van der Waals surface area contributed by atoms with E-state index in [4.69, 9.17) is 16.0 Å². The van der Waals surface area contributed by atoms with Crippen LogP contribution in [0.2, 0.25) is 0 Å². The van der Waals surface area contributed by atoms with Gasteiger partial charge in [-0.15, -0.1) is 21.8 Å². The molecule has 2 rings (SSSR count). The van der Waals surface area contributed by atoms with Crippen molar-refractivity contribution in [3.05, 3.63) is 30.2 Å². The molecule has 1 heterocycles. The van der Waals surface area contributed by atoms with Crippen LogP contribution in [0.25, 0.3) is 11.5 Å². The molecule has 0 bridgehead atoms. The largest absolute Gasteiger partial charge is 0.421 e. The van der Waals surface area contributed by atoms with Crippen molar-refractivity contribution in [1.29, 1.82) is 0 Å². The standard InChI is InChI=1S/C10H10ClN3O3S/c1-7-12-13-10(17-7)8-4-2-3-5-9(8)14-18(15,16)6-11/h2-5,14H,6H2,1H3. The maximum absolute atomic E-state index is 11.4. The van der Waals surface area contributed by atoms with Gasteiger partial charge in [-0.2, -0.15) is 0 Å². The van der Waals surface area contributed by atoms with Crippen LogP contribution in [0.15, 0.2) is 28.7 Å². The van der Waals surface area contributed by atoms with Gasteiger partial charge in [0.05, 0.1) is 11.3 Å². The first-order chi connectivity index (χ1) is 8.52. The molecule has 0 radical (unpaired) electrons. The van der Waals surface area contributed by atoms with E-state index in [9.17, 15) is 8.42 Å². The normalized spacial score (nSPS) is 11.4. The van der Waals surface area contributed by atoms with Gasteiger partial charge in [0.15, 0.2) is 0 Å². The van der Waals surface area contributed by atoms with Crippen LogP contribution >= 0.6 is 11.6 Å². The summed E-state index contributed by atoms with van der Waals surface area (Å²) in [5, 5.41) is 7.03. The first-order valence-corrected chi connectivity index (χ1v) is 7.16. The van der Waals surface area contributed by atoms with Gasteiger partial charge in [-0.1, -0.05) is 12.1 Å². The summed E-state index contributed by atoms with van der Waals surface area (Å²) in [6.45, 7) is 1.65. The minimum absolute atomic E-state index is 0.250. The number of sulfonamides is 1. The van der Waals surface area contributed by atoms with Crippen LogP contribution in [0, 0.1) is 6.92 Å². The number of hydrogen-bond acceptors (Lipinski definition) is 5. The van der Waals surface area contributed by atoms with Crippen molar-refractivity contribution in [1.82, 2.24) is 10.2 Å². The average Bonchev–Trinajstić information content (AvgIpc) is 2.76. The van der Waals surface area contributed by atoms with E-state index in [0.717, 1.165) is 0 Å². The number of aromatic nitrogens is 2. The van der Waals surface area contributed by atoms with Gasteiger partial charge < -0.3 is 4.42 Å². The summed E-state index contributed by atoms with van der Waals surface area (Å²) in [7, 11) is -3.57. The van der Waals surface area contributed by atoms with Crippen LogP contribution in [0.3, 0.4) is 0 Å². The SMILES string of the molecule is Cc1nnc(-c2ccccc2NS(=O)(=O)CCl)o1. The molecule has 0 amide bonds. The van der Waals surface area contributed by atoms with Crippen molar-refractivity contribution in [2.24, 2.45) is 0 Å². The van der Waals surface area contributed by atoms with E-state index in [2.05, 4.69) is 14.9 Å². The predicted molar refractivity (Wildman–Crippen MR) is 67.7 cm³/mol. The molecule has 0 saturated carbocycles. The first kappa shape index (κ1) is 12.8. The fourth-order valence-electron chi connectivity index (χ4n) is 1.36. The summed E-state index contributed by atoms with van der Waals surface area (Å²) in [6.07, 6.45) is 0. The molecule has 0 aliphatic rings. The third kappa shape index (κ3) is 2.80. The fourth-order valence-corrected chi connectivity index (χ4v) is 2.09. The van der Waals surface area contributed by atoms with E-state index in [1.54, 1.807) is 31.2 Å². The Kier molecular flexibility index (Phi) is 3.53. The summed E-state index contributed by atoms with van der Waals surface area (Å²) in [5.41, 5.74) is 0.855. The molecule has 0 fully saturated rings. The summed E-state index contributed by atoms with van der Waals surface area (Å²) < 4.78 is 30.5. The Labute approximate surface area is 109 Å². The Bertz CT molecular complexity index is 654. The van der Waals surface area contributed by atoms with Crippen LogP contribution < -0.4 is 4.72 Å². The van der Waals surface area contributed by atoms with Gasteiger partial charge in [-0.3, -0.25) is 4.72 Å². The first-order valence-electron chi connectivity index (χ1n) is 4.98. The van der Waals surface area contributed by atoms with Gasteiger partial charge in [-0.05, 0) is 12.1 Å². The minimum atomic E-state index is -3.57. The lowest BCUT2D eigenvalue weighted by atomic mass is 10.2. The Hall–Kier alpha value is -1.60. The van der Waals surface area contributed by atoms with Crippen LogP contribution in [-0.4, -0.2) is 23.8 Å². The molecule has 0 aliphatic heterocycles. The monoisotopic (exact) mass is 287 g/mol. The van der Waals surface area contributed by atoms with Crippen molar-refractivity contribution in [2.75, 3.05) is 9.93 Å². The van der Waals surface area contributed by atoms with Crippen LogP contribution in [-0.2, 0) is 10.0 Å². The number of rotatable bonds is 4. The topological polar surface area (TPSA) is 85.1 Å². The summed E-state index contributed by atoms with van der Waals surface area (Å²) >= 11 is 5.34. The highest BCUT2D eigenvalue weighted by Gasteiger charge is 2.15. The summed E-state index contributed by atoms with van der Waals surface area (Å²) in [6, 6.07) is 6.71. The second kappa shape index (κ2) is 4.95. The van der Waals surface area contributed by atoms with Crippen LogP contribution in [0.1, 0.15) is 5.89 Å². The van der Waals surface area contributed by atoms with Gasteiger partial charge in [0.1, 0.15) is 5.21 Å². The fraction of sp³-hybridized carbons (Fsp3) is 0.200. The number of anilines is 1. The lowest BCUT2D eigenvalue weighted by molar-refractivity contribution is 0.533. The number of nitrogens with zero attached hydrogens (tertiary/aromatic N) is 2. The number of aryl methyl sites for hydroxylation is 1. The minimum Gasteiger partial charge on any atom is -0.421 e. The molecule has 1 aromatic carbocycles. The van der Waals surface area contributed by atoms with Crippen LogP contribution in [0.4, 0.5) is 5.69 Å². The molecule has 18 heavy (non-hydrogen) atoms.